The van der Waals surface area contributed by atoms with Gasteiger partial charge in [0.15, 0.2) is 0 Å². The molecule has 1 heterocycles. The number of hydrogen-bond donors (Lipinski definition) is 0. The van der Waals surface area contributed by atoms with Gasteiger partial charge in [-0.05, 0) is 24.3 Å². The molecule has 0 N–H and O–H groups in total. The second-order valence-electron chi connectivity index (χ2n) is 4.82. The standard InChI is InChI=1S/C13H17ClF2N2O2S/c14-5-6-17-7-9-18(10-8-17)11-1-3-12(4-2-11)21(19,20)13(15)16/h1-4,13H,5-10H2. The summed E-state index contributed by atoms with van der Waals surface area (Å²) >= 11 is 5.70. The van der Waals surface area contributed by atoms with E-state index in [1.807, 2.05) is 0 Å². The number of benzene rings is 1. The summed E-state index contributed by atoms with van der Waals surface area (Å²) in [6.45, 7) is 4.21. The first-order chi connectivity index (χ1) is 9.95. The first-order valence-electron chi connectivity index (χ1n) is 6.60. The highest BCUT2D eigenvalue weighted by Gasteiger charge is 2.26. The molecule has 1 saturated heterocycles. The summed E-state index contributed by atoms with van der Waals surface area (Å²) in [5, 5.41) is 0. The van der Waals surface area contributed by atoms with Crippen molar-refractivity contribution in [3.63, 3.8) is 0 Å². The average molecular weight is 339 g/mol. The predicted octanol–water partition coefficient (Wildman–Crippen LogP) is 2.04. The summed E-state index contributed by atoms with van der Waals surface area (Å²) < 4.78 is 47.6. The SMILES string of the molecule is O=S(=O)(c1ccc(N2CCN(CCCl)CC2)cc1)C(F)F. The van der Waals surface area contributed by atoms with Gasteiger partial charge in [0, 0.05) is 44.3 Å². The molecule has 0 aromatic heterocycles. The summed E-state index contributed by atoms with van der Waals surface area (Å²) in [6.07, 6.45) is 0. The smallest absolute Gasteiger partial charge is 0.341 e. The summed E-state index contributed by atoms with van der Waals surface area (Å²) in [5.41, 5.74) is 0.841. The van der Waals surface area contributed by atoms with Crippen LogP contribution in [0.4, 0.5) is 14.5 Å². The lowest BCUT2D eigenvalue weighted by Gasteiger charge is -2.35. The van der Waals surface area contributed by atoms with Gasteiger partial charge in [-0.2, -0.15) is 8.78 Å². The van der Waals surface area contributed by atoms with E-state index in [0.717, 1.165) is 38.4 Å². The van der Waals surface area contributed by atoms with E-state index in [2.05, 4.69) is 9.80 Å². The zero-order valence-corrected chi connectivity index (χ0v) is 13.0. The van der Waals surface area contributed by atoms with Gasteiger partial charge in [0.25, 0.3) is 0 Å². The molecule has 0 atom stereocenters. The Labute approximate surface area is 128 Å². The summed E-state index contributed by atoms with van der Waals surface area (Å²) in [6, 6.07) is 5.63. The molecule has 1 aromatic rings. The fourth-order valence-electron chi connectivity index (χ4n) is 2.30. The molecule has 21 heavy (non-hydrogen) atoms. The maximum absolute atomic E-state index is 12.5. The van der Waals surface area contributed by atoms with E-state index in [9.17, 15) is 17.2 Å². The molecule has 0 radical (unpaired) electrons. The maximum Gasteiger partial charge on any atom is 0.341 e. The van der Waals surface area contributed by atoms with Crippen molar-refractivity contribution in [1.82, 2.24) is 4.90 Å². The van der Waals surface area contributed by atoms with Crippen LogP contribution in [0, 0.1) is 0 Å². The minimum Gasteiger partial charge on any atom is -0.369 e. The molecule has 8 heteroatoms. The Hall–Kier alpha value is -0.920. The number of hydrogen-bond acceptors (Lipinski definition) is 4. The third-order valence-corrected chi connectivity index (χ3v) is 5.11. The molecule has 0 unspecified atom stereocenters. The highest BCUT2D eigenvalue weighted by atomic mass is 35.5. The number of sulfone groups is 1. The van der Waals surface area contributed by atoms with Crippen LogP contribution in [0.1, 0.15) is 0 Å². The van der Waals surface area contributed by atoms with Crippen molar-refractivity contribution in [3.05, 3.63) is 24.3 Å². The van der Waals surface area contributed by atoms with E-state index in [4.69, 9.17) is 11.6 Å². The Morgan fingerprint density at radius 1 is 1.10 bits per heavy atom. The van der Waals surface area contributed by atoms with Crippen LogP contribution in [0.15, 0.2) is 29.2 Å². The highest BCUT2D eigenvalue weighted by Crippen LogP contribution is 2.23. The molecule has 1 aliphatic heterocycles. The third kappa shape index (κ3) is 3.84. The molecule has 0 spiro atoms. The van der Waals surface area contributed by atoms with Gasteiger partial charge in [0.05, 0.1) is 4.90 Å². The van der Waals surface area contributed by atoms with Gasteiger partial charge in [-0.15, -0.1) is 11.6 Å². The van der Waals surface area contributed by atoms with Crippen LogP contribution in [0.2, 0.25) is 0 Å². The first-order valence-corrected chi connectivity index (χ1v) is 8.68. The van der Waals surface area contributed by atoms with Gasteiger partial charge in [-0.3, -0.25) is 4.90 Å². The van der Waals surface area contributed by atoms with Crippen LogP contribution in [0.3, 0.4) is 0 Å². The van der Waals surface area contributed by atoms with Gasteiger partial charge in [-0.25, -0.2) is 8.42 Å². The Morgan fingerprint density at radius 3 is 2.14 bits per heavy atom. The van der Waals surface area contributed by atoms with Crippen LogP contribution < -0.4 is 4.90 Å². The lowest BCUT2D eigenvalue weighted by molar-refractivity contribution is 0.234. The second-order valence-corrected chi connectivity index (χ2v) is 7.11. The predicted molar refractivity (Wildman–Crippen MR) is 79.0 cm³/mol. The van der Waals surface area contributed by atoms with E-state index in [1.165, 1.54) is 12.1 Å². The number of rotatable bonds is 5. The van der Waals surface area contributed by atoms with Gasteiger partial charge in [-0.1, -0.05) is 0 Å². The Kier molecular flexibility index (Phi) is 5.40. The minimum absolute atomic E-state index is 0.345. The summed E-state index contributed by atoms with van der Waals surface area (Å²) in [5.74, 6) is -2.79. The highest BCUT2D eigenvalue weighted by molar-refractivity contribution is 7.91. The van der Waals surface area contributed by atoms with Crippen molar-refractivity contribution in [1.29, 1.82) is 0 Å². The Bertz CT molecular complexity index is 558. The molecule has 0 saturated carbocycles. The maximum atomic E-state index is 12.5. The lowest BCUT2D eigenvalue weighted by atomic mass is 10.2. The lowest BCUT2D eigenvalue weighted by Crippen LogP contribution is -2.46. The van der Waals surface area contributed by atoms with E-state index in [-0.39, 0.29) is 4.90 Å². The molecule has 118 valence electrons. The zero-order valence-electron chi connectivity index (χ0n) is 11.4. The van der Waals surface area contributed by atoms with E-state index in [1.54, 1.807) is 12.1 Å². The van der Waals surface area contributed by atoms with Crippen molar-refractivity contribution < 1.29 is 17.2 Å². The van der Waals surface area contributed by atoms with E-state index >= 15 is 0 Å². The molecular weight excluding hydrogens is 322 g/mol. The molecule has 1 aliphatic rings. The fourth-order valence-corrected chi connectivity index (χ4v) is 3.26. The van der Waals surface area contributed by atoms with Crippen molar-refractivity contribution in [2.75, 3.05) is 43.5 Å². The zero-order chi connectivity index (χ0) is 15.5. The quantitative estimate of drug-likeness (QED) is 0.770. The number of alkyl halides is 3. The molecule has 4 nitrogen and oxygen atoms in total. The summed E-state index contributed by atoms with van der Waals surface area (Å²) in [7, 11) is -4.52. The molecule has 0 amide bonds. The minimum atomic E-state index is -4.52. The molecule has 1 aromatic carbocycles. The second kappa shape index (κ2) is 6.89. The van der Waals surface area contributed by atoms with Crippen molar-refractivity contribution in [2.45, 2.75) is 10.7 Å². The topological polar surface area (TPSA) is 40.6 Å². The van der Waals surface area contributed by atoms with Crippen molar-refractivity contribution >= 4 is 27.1 Å². The fraction of sp³-hybridized carbons (Fsp3) is 0.538. The number of halogens is 3. The van der Waals surface area contributed by atoms with Gasteiger partial charge in [0.1, 0.15) is 0 Å². The largest absolute Gasteiger partial charge is 0.369 e. The van der Waals surface area contributed by atoms with Crippen LogP contribution in [-0.4, -0.2) is 57.7 Å². The summed E-state index contributed by atoms with van der Waals surface area (Å²) in [4.78, 5) is 4.00. The molecule has 1 fully saturated rings. The van der Waals surface area contributed by atoms with Gasteiger partial charge < -0.3 is 4.90 Å². The molecular formula is C13H17ClF2N2O2S. The molecule has 0 aliphatic carbocycles. The number of nitrogens with zero attached hydrogens (tertiary/aromatic N) is 2. The van der Waals surface area contributed by atoms with Crippen molar-refractivity contribution in [3.8, 4) is 0 Å². The van der Waals surface area contributed by atoms with Crippen LogP contribution in [0.25, 0.3) is 0 Å². The van der Waals surface area contributed by atoms with Crippen molar-refractivity contribution in [2.24, 2.45) is 0 Å². The molecule has 2 rings (SSSR count). The Morgan fingerprint density at radius 2 is 1.67 bits per heavy atom. The van der Waals surface area contributed by atoms with E-state index in [0.29, 0.717) is 5.88 Å². The third-order valence-electron chi connectivity index (χ3n) is 3.54. The number of anilines is 1. The monoisotopic (exact) mass is 338 g/mol. The van der Waals surface area contributed by atoms with E-state index < -0.39 is 15.6 Å². The van der Waals surface area contributed by atoms with Crippen LogP contribution >= 0.6 is 11.6 Å². The first kappa shape index (κ1) is 16.5. The molecule has 0 bridgehead atoms. The van der Waals surface area contributed by atoms with Crippen LogP contribution in [0.5, 0.6) is 0 Å². The normalized spacial score (nSPS) is 17.4. The average Bonchev–Trinajstić information content (AvgIpc) is 2.48. The number of piperazine rings is 1. The van der Waals surface area contributed by atoms with Gasteiger partial charge in [0.2, 0.25) is 9.84 Å². The van der Waals surface area contributed by atoms with Gasteiger partial charge >= 0.3 is 5.76 Å². The van der Waals surface area contributed by atoms with Crippen LogP contribution in [-0.2, 0) is 9.84 Å². The Balaban J connectivity index is 2.04.